The molecule has 2 heterocycles. The number of hydrazine groups is 1. The van der Waals surface area contributed by atoms with Gasteiger partial charge in [-0.15, -0.1) is 0 Å². The van der Waals surface area contributed by atoms with Gasteiger partial charge in [0.1, 0.15) is 10.8 Å². The highest BCUT2D eigenvalue weighted by Gasteiger charge is 2.22. The smallest absolute Gasteiger partial charge is 0.240 e. The number of nitrogens with one attached hydrogen (secondary N) is 1. The minimum absolute atomic E-state index is 0.00740. The molecule has 5 nitrogen and oxygen atoms in total. The second-order valence-corrected chi connectivity index (χ2v) is 3.49. The lowest BCUT2D eigenvalue weighted by Gasteiger charge is -2.18. The molecule has 1 amide bonds. The molecule has 0 spiro atoms. The van der Waals surface area contributed by atoms with Crippen LogP contribution >= 0.6 is 11.6 Å². The highest BCUT2D eigenvalue weighted by atomic mass is 35.5. The van der Waals surface area contributed by atoms with Crippen molar-refractivity contribution in [2.45, 2.75) is 6.42 Å². The summed E-state index contributed by atoms with van der Waals surface area (Å²) < 4.78 is 5.09. The number of halogens is 1. The molecule has 0 aliphatic carbocycles. The van der Waals surface area contributed by atoms with Gasteiger partial charge in [-0.1, -0.05) is 11.6 Å². The van der Waals surface area contributed by atoms with E-state index in [-0.39, 0.29) is 5.91 Å². The monoisotopic (exact) mass is 227 g/mol. The van der Waals surface area contributed by atoms with E-state index in [1.54, 1.807) is 17.1 Å². The Balaban J connectivity index is 2.31. The number of ether oxygens (including phenoxy) is 1. The molecule has 1 aromatic rings. The van der Waals surface area contributed by atoms with Crippen molar-refractivity contribution < 1.29 is 9.53 Å². The van der Waals surface area contributed by atoms with Gasteiger partial charge in [-0.05, 0) is 12.1 Å². The van der Waals surface area contributed by atoms with Gasteiger partial charge in [0.25, 0.3) is 0 Å². The van der Waals surface area contributed by atoms with Crippen LogP contribution in [-0.2, 0) is 4.79 Å². The second kappa shape index (κ2) is 3.94. The average molecular weight is 228 g/mol. The molecule has 0 unspecified atom stereocenters. The van der Waals surface area contributed by atoms with Crippen molar-refractivity contribution in [1.82, 2.24) is 10.4 Å². The van der Waals surface area contributed by atoms with E-state index in [0.29, 0.717) is 29.7 Å². The SMILES string of the molecule is COc1nc(Cl)ccc1N1CCC(=O)N1. The van der Waals surface area contributed by atoms with Crippen molar-refractivity contribution in [3.63, 3.8) is 0 Å². The summed E-state index contributed by atoms with van der Waals surface area (Å²) in [5.41, 5.74) is 3.41. The Morgan fingerprint density at radius 2 is 2.40 bits per heavy atom. The van der Waals surface area contributed by atoms with E-state index >= 15 is 0 Å². The molecule has 1 aliphatic heterocycles. The number of amides is 1. The predicted octanol–water partition coefficient (Wildman–Crippen LogP) is 0.985. The van der Waals surface area contributed by atoms with Gasteiger partial charge in [0.05, 0.1) is 7.11 Å². The number of anilines is 1. The number of nitrogens with zero attached hydrogens (tertiary/aromatic N) is 2. The van der Waals surface area contributed by atoms with Crippen molar-refractivity contribution in [3.8, 4) is 5.88 Å². The molecule has 15 heavy (non-hydrogen) atoms. The van der Waals surface area contributed by atoms with Crippen LogP contribution in [0.15, 0.2) is 12.1 Å². The number of rotatable bonds is 2. The number of hydrogen-bond acceptors (Lipinski definition) is 4. The molecule has 0 atom stereocenters. The van der Waals surface area contributed by atoms with Crippen LogP contribution in [0.2, 0.25) is 5.15 Å². The maximum Gasteiger partial charge on any atom is 0.240 e. The molecule has 1 N–H and O–H groups in total. The van der Waals surface area contributed by atoms with Crippen LogP contribution in [0.5, 0.6) is 5.88 Å². The van der Waals surface area contributed by atoms with E-state index in [4.69, 9.17) is 16.3 Å². The Hall–Kier alpha value is -1.49. The van der Waals surface area contributed by atoms with E-state index in [2.05, 4.69) is 10.4 Å². The Bertz CT molecular complexity index is 397. The van der Waals surface area contributed by atoms with E-state index in [1.165, 1.54) is 7.11 Å². The largest absolute Gasteiger partial charge is 0.479 e. The number of hydrogen-bond donors (Lipinski definition) is 1. The van der Waals surface area contributed by atoms with Gasteiger partial charge in [0, 0.05) is 13.0 Å². The van der Waals surface area contributed by atoms with Gasteiger partial charge in [-0.2, -0.15) is 4.98 Å². The third-order valence-corrected chi connectivity index (χ3v) is 2.32. The van der Waals surface area contributed by atoms with Crippen LogP contribution in [0.1, 0.15) is 6.42 Å². The molecule has 0 radical (unpaired) electrons. The quantitative estimate of drug-likeness (QED) is 0.766. The molecule has 1 aromatic heterocycles. The summed E-state index contributed by atoms with van der Waals surface area (Å²) in [6, 6.07) is 3.42. The molecular formula is C9H10ClN3O2. The molecule has 1 fully saturated rings. The third-order valence-electron chi connectivity index (χ3n) is 2.11. The zero-order chi connectivity index (χ0) is 10.8. The lowest BCUT2D eigenvalue weighted by atomic mass is 10.3. The van der Waals surface area contributed by atoms with Crippen molar-refractivity contribution in [1.29, 1.82) is 0 Å². The normalized spacial score (nSPS) is 15.3. The van der Waals surface area contributed by atoms with Crippen LogP contribution < -0.4 is 15.2 Å². The summed E-state index contributed by atoms with van der Waals surface area (Å²) >= 11 is 5.73. The summed E-state index contributed by atoms with van der Waals surface area (Å²) in [5.74, 6) is 0.400. The lowest BCUT2D eigenvalue weighted by molar-refractivity contribution is -0.119. The molecule has 1 saturated heterocycles. The highest BCUT2D eigenvalue weighted by Crippen LogP contribution is 2.27. The number of pyridine rings is 1. The van der Waals surface area contributed by atoms with Gasteiger partial charge in [-0.3, -0.25) is 15.2 Å². The number of aromatic nitrogens is 1. The minimum atomic E-state index is -0.00740. The van der Waals surface area contributed by atoms with Crippen LogP contribution in [-0.4, -0.2) is 24.5 Å². The maximum atomic E-state index is 11.1. The topological polar surface area (TPSA) is 54.5 Å². The zero-order valence-electron chi connectivity index (χ0n) is 8.16. The molecule has 6 heteroatoms. The lowest BCUT2D eigenvalue weighted by Crippen LogP contribution is -2.33. The summed E-state index contributed by atoms with van der Waals surface area (Å²) in [7, 11) is 1.51. The van der Waals surface area contributed by atoms with Crippen molar-refractivity contribution in [2.75, 3.05) is 18.7 Å². The van der Waals surface area contributed by atoms with Crippen LogP contribution in [0.4, 0.5) is 5.69 Å². The average Bonchev–Trinajstić information content (AvgIpc) is 2.64. The molecule has 80 valence electrons. The molecule has 0 aromatic carbocycles. The van der Waals surface area contributed by atoms with Crippen molar-refractivity contribution >= 4 is 23.2 Å². The van der Waals surface area contributed by atoms with Crippen LogP contribution in [0, 0.1) is 0 Å². The Morgan fingerprint density at radius 1 is 1.60 bits per heavy atom. The van der Waals surface area contributed by atoms with Crippen molar-refractivity contribution in [2.24, 2.45) is 0 Å². The number of carbonyl (C=O) groups is 1. The fourth-order valence-corrected chi connectivity index (χ4v) is 1.56. The molecule has 0 saturated carbocycles. The maximum absolute atomic E-state index is 11.1. The first-order chi connectivity index (χ1) is 7.20. The Kier molecular flexibility index (Phi) is 2.64. The van der Waals surface area contributed by atoms with Crippen LogP contribution in [0.25, 0.3) is 0 Å². The number of methoxy groups -OCH3 is 1. The number of carbonyl (C=O) groups excluding carboxylic acids is 1. The first-order valence-corrected chi connectivity index (χ1v) is 4.86. The third kappa shape index (κ3) is 1.97. The summed E-state index contributed by atoms with van der Waals surface area (Å²) in [6.45, 7) is 0.610. The molecule has 2 rings (SSSR count). The fourth-order valence-electron chi connectivity index (χ4n) is 1.42. The first-order valence-electron chi connectivity index (χ1n) is 4.48. The molecule has 1 aliphatic rings. The van der Waals surface area contributed by atoms with E-state index in [1.807, 2.05) is 0 Å². The Labute approximate surface area is 92.0 Å². The van der Waals surface area contributed by atoms with E-state index in [9.17, 15) is 4.79 Å². The van der Waals surface area contributed by atoms with E-state index in [0.717, 1.165) is 0 Å². The molecule has 0 bridgehead atoms. The summed E-state index contributed by atoms with van der Waals surface area (Å²) in [6.07, 6.45) is 0.478. The zero-order valence-corrected chi connectivity index (χ0v) is 8.91. The van der Waals surface area contributed by atoms with Gasteiger partial charge in [0.15, 0.2) is 0 Å². The predicted molar refractivity (Wildman–Crippen MR) is 55.9 cm³/mol. The van der Waals surface area contributed by atoms with Gasteiger partial charge >= 0.3 is 0 Å². The van der Waals surface area contributed by atoms with E-state index < -0.39 is 0 Å². The first kappa shape index (κ1) is 10.0. The van der Waals surface area contributed by atoms with Crippen LogP contribution in [0.3, 0.4) is 0 Å². The second-order valence-electron chi connectivity index (χ2n) is 3.10. The van der Waals surface area contributed by atoms with Gasteiger partial charge in [-0.25, -0.2) is 0 Å². The van der Waals surface area contributed by atoms with Crippen molar-refractivity contribution in [3.05, 3.63) is 17.3 Å². The van der Waals surface area contributed by atoms with Gasteiger partial charge in [0.2, 0.25) is 11.8 Å². The summed E-state index contributed by atoms with van der Waals surface area (Å²) in [5, 5.41) is 2.06. The fraction of sp³-hybridized carbons (Fsp3) is 0.333. The molecular weight excluding hydrogens is 218 g/mol. The van der Waals surface area contributed by atoms with Gasteiger partial charge < -0.3 is 4.74 Å². The standard InChI is InChI=1S/C9H10ClN3O2/c1-15-9-6(2-3-7(10)11-9)13-5-4-8(14)12-13/h2-3H,4-5H2,1H3,(H,12,14). The Morgan fingerprint density at radius 3 is 3.00 bits per heavy atom. The minimum Gasteiger partial charge on any atom is -0.479 e. The summed E-state index contributed by atoms with van der Waals surface area (Å²) in [4.78, 5) is 15.1. The highest BCUT2D eigenvalue weighted by molar-refractivity contribution is 6.29.